The lowest BCUT2D eigenvalue weighted by atomic mass is 9.96. The first kappa shape index (κ1) is 32.5. The number of rotatable bonds is 11. The van der Waals surface area contributed by atoms with Gasteiger partial charge in [0.1, 0.15) is 21.4 Å². The van der Waals surface area contributed by atoms with Crippen molar-refractivity contribution in [3.05, 3.63) is 42.7 Å². The summed E-state index contributed by atoms with van der Waals surface area (Å²) in [5, 5.41) is 15.5. The lowest BCUT2D eigenvalue weighted by Crippen LogP contribution is -2.47. The van der Waals surface area contributed by atoms with Crippen LogP contribution in [0, 0.1) is 0 Å². The highest BCUT2D eigenvalue weighted by atomic mass is 32.2. The molecule has 0 radical (unpaired) electrons. The first-order chi connectivity index (χ1) is 20.7. The minimum atomic E-state index is -2.97. The first-order valence-corrected chi connectivity index (χ1v) is 17.5. The molecule has 11 nitrogen and oxygen atoms in total. The Morgan fingerprint density at radius 1 is 1.09 bits per heavy atom. The maximum Gasteiger partial charge on any atom is 0.404 e. The molecule has 2 fully saturated rings. The van der Waals surface area contributed by atoms with Gasteiger partial charge in [0.05, 0.1) is 17.9 Å². The van der Waals surface area contributed by atoms with Crippen molar-refractivity contribution in [2.75, 3.05) is 43.6 Å². The van der Waals surface area contributed by atoms with E-state index in [1.807, 2.05) is 41.1 Å². The second-order valence-electron chi connectivity index (χ2n) is 11.5. The van der Waals surface area contributed by atoms with E-state index in [2.05, 4.69) is 27.4 Å². The Kier molecular flexibility index (Phi) is 12.0. The Bertz CT molecular complexity index is 1420. The zero-order valence-corrected chi connectivity index (χ0v) is 26.2. The molecule has 0 bridgehead atoms. The predicted octanol–water partition coefficient (Wildman–Crippen LogP) is 5.11. The Balaban J connectivity index is 0.000000273. The average molecular weight is 615 g/mol. The molecule has 1 aliphatic carbocycles. The molecule has 1 aromatic carbocycles. The van der Waals surface area contributed by atoms with Crippen LogP contribution in [0.1, 0.15) is 64.7 Å². The quantitative estimate of drug-likeness (QED) is 0.252. The monoisotopic (exact) mass is 614 g/mol. The standard InChI is InChI=1S/C22H28N4O3S.C9H18N2O2/c1-30(27,28)16-6-15-29-20-10-5-9-19-18(20)12-14-26(19)21-11-13-23-22(25-21)24-17-7-3-2-4-8-17;1-2-5-11-6-3-4-8(7-11)10-9(12)13/h5,9-14,17H,2-4,6-8,15-16H2,1H3,(H,23,24,25);8,10H,2-7H2,1H3,(H,12,13)/t;8-/m.1/s1. The number of amides is 1. The number of hydrogen-bond donors (Lipinski definition) is 3. The second-order valence-corrected chi connectivity index (χ2v) is 13.8. The van der Waals surface area contributed by atoms with Gasteiger partial charge >= 0.3 is 6.09 Å². The molecule has 1 saturated heterocycles. The van der Waals surface area contributed by atoms with E-state index in [-0.39, 0.29) is 11.8 Å². The second kappa shape index (κ2) is 15.9. The molecular formula is C31H46N6O5S. The number of carboxylic acid groups (broad SMARTS) is 1. The zero-order valence-electron chi connectivity index (χ0n) is 25.4. The fourth-order valence-corrected chi connectivity index (χ4v) is 6.46. The molecule has 2 aliphatic rings. The number of sulfone groups is 1. The van der Waals surface area contributed by atoms with Crippen LogP contribution in [0.15, 0.2) is 42.7 Å². The van der Waals surface area contributed by atoms with Gasteiger partial charge in [-0.3, -0.25) is 0 Å². The number of hydrogen-bond acceptors (Lipinski definition) is 8. The summed E-state index contributed by atoms with van der Waals surface area (Å²) < 4.78 is 30.5. The highest BCUT2D eigenvalue weighted by Crippen LogP contribution is 2.29. The third-order valence-electron chi connectivity index (χ3n) is 7.81. The van der Waals surface area contributed by atoms with E-state index in [4.69, 9.17) is 14.8 Å². The Morgan fingerprint density at radius 2 is 1.88 bits per heavy atom. The molecule has 12 heteroatoms. The van der Waals surface area contributed by atoms with Crippen molar-refractivity contribution in [2.45, 2.75) is 76.8 Å². The molecule has 1 aliphatic heterocycles. The van der Waals surface area contributed by atoms with Crippen LogP contribution in [0.25, 0.3) is 16.7 Å². The lowest BCUT2D eigenvalue weighted by molar-refractivity contribution is 0.163. The number of anilines is 1. The third kappa shape index (κ3) is 10.4. The molecule has 5 rings (SSSR count). The van der Waals surface area contributed by atoms with Crippen molar-refractivity contribution in [1.82, 2.24) is 24.8 Å². The fourth-order valence-electron chi connectivity index (χ4n) is 5.82. The zero-order chi connectivity index (χ0) is 30.7. The summed E-state index contributed by atoms with van der Waals surface area (Å²) in [7, 11) is -2.97. The number of aromatic nitrogens is 3. The summed E-state index contributed by atoms with van der Waals surface area (Å²) in [6.07, 6.45) is 13.9. The van der Waals surface area contributed by atoms with Crippen molar-refractivity contribution in [3.8, 4) is 11.6 Å². The predicted molar refractivity (Wildman–Crippen MR) is 170 cm³/mol. The maximum absolute atomic E-state index is 11.3. The number of fused-ring (bicyclic) bond motifs is 1. The molecule has 3 N–H and O–H groups in total. The molecule has 0 unspecified atom stereocenters. The molecular weight excluding hydrogens is 568 g/mol. The van der Waals surface area contributed by atoms with Crippen LogP contribution < -0.4 is 15.4 Å². The number of benzene rings is 1. The summed E-state index contributed by atoms with van der Waals surface area (Å²) in [6, 6.07) is 10.3. The Morgan fingerprint density at radius 3 is 2.63 bits per heavy atom. The number of nitrogens with one attached hydrogen (secondary N) is 2. The Labute approximate surface area is 255 Å². The highest BCUT2D eigenvalue weighted by Gasteiger charge is 2.20. The summed E-state index contributed by atoms with van der Waals surface area (Å²) in [5.41, 5.74) is 0.984. The molecule has 1 saturated carbocycles. The summed E-state index contributed by atoms with van der Waals surface area (Å²) in [5.74, 6) is 2.33. The minimum absolute atomic E-state index is 0.127. The van der Waals surface area contributed by atoms with E-state index in [1.54, 1.807) is 6.20 Å². The van der Waals surface area contributed by atoms with Gasteiger partial charge in [-0.05, 0) is 75.9 Å². The van der Waals surface area contributed by atoms with E-state index in [0.717, 1.165) is 61.4 Å². The first-order valence-electron chi connectivity index (χ1n) is 15.4. The van der Waals surface area contributed by atoms with E-state index in [0.29, 0.717) is 25.0 Å². The van der Waals surface area contributed by atoms with Gasteiger partial charge in [-0.25, -0.2) is 18.2 Å². The summed E-state index contributed by atoms with van der Waals surface area (Å²) in [4.78, 5) is 21.9. The van der Waals surface area contributed by atoms with Gasteiger partial charge in [0.2, 0.25) is 5.95 Å². The van der Waals surface area contributed by atoms with Crippen molar-refractivity contribution >= 4 is 32.8 Å². The number of likely N-dealkylation sites (tertiary alicyclic amines) is 1. The van der Waals surface area contributed by atoms with Crippen molar-refractivity contribution in [2.24, 2.45) is 0 Å². The van der Waals surface area contributed by atoms with Crippen LogP contribution >= 0.6 is 0 Å². The van der Waals surface area contributed by atoms with Crippen LogP contribution in [0.3, 0.4) is 0 Å². The molecule has 3 heterocycles. The molecule has 2 aromatic heterocycles. The summed E-state index contributed by atoms with van der Waals surface area (Å²) >= 11 is 0. The van der Waals surface area contributed by atoms with Crippen LogP contribution in [0.2, 0.25) is 0 Å². The maximum atomic E-state index is 11.3. The van der Waals surface area contributed by atoms with Crippen LogP contribution in [-0.2, 0) is 9.84 Å². The van der Waals surface area contributed by atoms with Crippen molar-refractivity contribution < 1.29 is 23.1 Å². The van der Waals surface area contributed by atoms with E-state index in [9.17, 15) is 13.2 Å². The van der Waals surface area contributed by atoms with Gasteiger partial charge in [0.25, 0.3) is 0 Å². The van der Waals surface area contributed by atoms with Gasteiger partial charge in [-0.2, -0.15) is 4.98 Å². The van der Waals surface area contributed by atoms with Crippen molar-refractivity contribution in [1.29, 1.82) is 0 Å². The number of ether oxygens (including phenoxy) is 1. The van der Waals surface area contributed by atoms with Gasteiger partial charge in [0, 0.05) is 42.7 Å². The SMILES string of the molecule is CCCN1CCC[C@@H](NC(=O)O)C1.CS(=O)(=O)CCCOc1cccc2c1ccn2-c1ccnc(NC2CCCCC2)n1. The van der Waals surface area contributed by atoms with Crippen LogP contribution in [0.4, 0.5) is 10.7 Å². The van der Waals surface area contributed by atoms with E-state index >= 15 is 0 Å². The van der Waals surface area contributed by atoms with Gasteiger partial charge in [-0.15, -0.1) is 0 Å². The number of nitrogens with zero attached hydrogens (tertiary/aromatic N) is 4. The van der Waals surface area contributed by atoms with Crippen molar-refractivity contribution in [3.63, 3.8) is 0 Å². The minimum Gasteiger partial charge on any atom is -0.493 e. The molecule has 0 spiro atoms. The fraction of sp³-hybridized carbons (Fsp3) is 0.581. The largest absolute Gasteiger partial charge is 0.493 e. The van der Waals surface area contributed by atoms with Crippen LogP contribution in [0.5, 0.6) is 5.75 Å². The van der Waals surface area contributed by atoms with E-state index in [1.165, 1.54) is 38.4 Å². The molecule has 236 valence electrons. The molecule has 43 heavy (non-hydrogen) atoms. The van der Waals surface area contributed by atoms with Gasteiger partial charge in [0.15, 0.2) is 0 Å². The molecule has 3 aromatic rings. The Hall–Kier alpha value is -3.38. The molecule has 1 amide bonds. The number of carbonyl (C=O) groups is 1. The summed E-state index contributed by atoms with van der Waals surface area (Å²) in [6.45, 7) is 5.58. The van der Waals surface area contributed by atoms with Crippen LogP contribution in [-0.4, -0.2) is 89.4 Å². The van der Waals surface area contributed by atoms with Gasteiger partial charge in [-0.1, -0.05) is 32.3 Å². The normalized spacial score (nSPS) is 18.0. The third-order valence-corrected chi connectivity index (χ3v) is 8.84. The average Bonchev–Trinajstić information content (AvgIpc) is 3.41. The molecule has 1 atom stereocenters. The smallest absolute Gasteiger partial charge is 0.404 e. The topological polar surface area (TPSA) is 139 Å². The van der Waals surface area contributed by atoms with Gasteiger partial charge < -0.3 is 29.9 Å². The lowest BCUT2D eigenvalue weighted by Gasteiger charge is -2.32. The number of piperidine rings is 1. The highest BCUT2D eigenvalue weighted by molar-refractivity contribution is 7.90. The van der Waals surface area contributed by atoms with E-state index < -0.39 is 15.9 Å².